The molecule has 0 aliphatic rings. The average Bonchev–Trinajstić information content (AvgIpc) is 1.65. The highest BCUT2D eigenvalue weighted by Gasteiger charge is 2.21. The lowest BCUT2D eigenvalue weighted by Crippen LogP contribution is -2.30. The molecule has 0 fully saturated rings. The second-order valence-electron chi connectivity index (χ2n) is 3.19. The molecule has 0 aliphatic carbocycles. The van der Waals surface area contributed by atoms with E-state index in [1.165, 1.54) is 0 Å². The molecule has 9 heavy (non-hydrogen) atoms. The summed E-state index contributed by atoms with van der Waals surface area (Å²) in [6, 6.07) is 0. The molecule has 1 heteroatoms. The Bertz CT molecular complexity index is 74.6. The molecule has 0 atom stereocenters. The lowest BCUT2D eigenvalue weighted by molar-refractivity contribution is -0.0437. The van der Waals surface area contributed by atoms with Crippen LogP contribution in [0.1, 0.15) is 34.6 Å². The van der Waals surface area contributed by atoms with Gasteiger partial charge in [-0.25, -0.2) is 0 Å². The molecule has 0 N–H and O–H groups in total. The van der Waals surface area contributed by atoms with Gasteiger partial charge in [-0.3, -0.25) is 0 Å². The standard InChI is InChI=1S/C8H18O/c1-6-9-8(4,5)7(2)3/h7H,6H2,1-5H3. The van der Waals surface area contributed by atoms with Gasteiger partial charge in [0.2, 0.25) is 0 Å². The summed E-state index contributed by atoms with van der Waals surface area (Å²) in [5.41, 5.74) is 0.0503. The zero-order valence-electron chi connectivity index (χ0n) is 7.19. The quantitative estimate of drug-likeness (QED) is 0.570. The van der Waals surface area contributed by atoms with Gasteiger partial charge in [0, 0.05) is 6.61 Å². The van der Waals surface area contributed by atoms with Crippen molar-refractivity contribution in [2.24, 2.45) is 5.92 Å². The second-order valence-corrected chi connectivity index (χ2v) is 3.19. The first-order valence-corrected chi connectivity index (χ1v) is 3.64. The molecule has 0 unspecified atom stereocenters. The van der Waals surface area contributed by atoms with Crippen molar-refractivity contribution in [3.8, 4) is 0 Å². The van der Waals surface area contributed by atoms with Gasteiger partial charge in [-0.2, -0.15) is 0 Å². The summed E-state index contributed by atoms with van der Waals surface area (Å²) in [4.78, 5) is 0. The number of ether oxygens (including phenoxy) is 1. The second kappa shape index (κ2) is 3.21. The largest absolute Gasteiger partial charge is 0.376 e. The molecular weight excluding hydrogens is 112 g/mol. The summed E-state index contributed by atoms with van der Waals surface area (Å²) < 4.78 is 5.49. The van der Waals surface area contributed by atoms with Crippen molar-refractivity contribution in [2.45, 2.75) is 40.2 Å². The van der Waals surface area contributed by atoms with E-state index in [1.807, 2.05) is 6.92 Å². The van der Waals surface area contributed by atoms with Crippen LogP contribution in [-0.2, 0) is 4.74 Å². The van der Waals surface area contributed by atoms with Gasteiger partial charge in [-0.15, -0.1) is 0 Å². The molecule has 0 aromatic heterocycles. The van der Waals surface area contributed by atoms with Crippen LogP contribution in [0, 0.1) is 5.92 Å². The minimum absolute atomic E-state index is 0.0503. The van der Waals surface area contributed by atoms with Crippen molar-refractivity contribution < 1.29 is 4.74 Å². The molecule has 0 aliphatic heterocycles. The molecule has 0 radical (unpaired) electrons. The summed E-state index contributed by atoms with van der Waals surface area (Å²) in [6.45, 7) is 11.4. The highest BCUT2D eigenvalue weighted by atomic mass is 16.5. The monoisotopic (exact) mass is 130 g/mol. The van der Waals surface area contributed by atoms with Crippen molar-refractivity contribution in [1.82, 2.24) is 0 Å². The van der Waals surface area contributed by atoms with Gasteiger partial charge < -0.3 is 4.74 Å². The lowest BCUT2D eigenvalue weighted by atomic mass is 9.95. The first-order chi connectivity index (χ1) is 4.00. The van der Waals surface area contributed by atoms with E-state index < -0.39 is 0 Å². The van der Waals surface area contributed by atoms with Crippen LogP contribution in [0.25, 0.3) is 0 Å². The van der Waals surface area contributed by atoms with Crippen LogP contribution in [0.3, 0.4) is 0 Å². The van der Waals surface area contributed by atoms with Crippen LogP contribution in [-0.4, -0.2) is 12.2 Å². The predicted molar refractivity (Wildman–Crippen MR) is 40.5 cm³/mol. The van der Waals surface area contributed by atoms with Gasteiger partial charge >= 0.3 is 0 Å². The SMILES string of the molecule is CCOC(C)(C)C(C)C. The van der Waals surface area contributed by atoms with E-state index in [0.717, 1.165) is 6.61 Å². The fourth-order valence-electron chi connectivity index (χ4n) is 0.539. The maximum absolute atomic E-state index is 5.49. The van der Waals surface area contributed by atoms with Crippen molar-refractivity contribution in [3.63, 3.8) is 0 Å². The minimum Gasteiger partial charge on any atom is -0.376 e. The van der Waals surface area contributed by atoms with Gasteiger partial charge in [0.1, 0.15) is 0 Å². The average molecular weight is 130 g/mol. The van der Waals surface area contributed by atoms with Crippen LogP contribution in [0.5, 0.6) is 0 Å². The third-order valence-corrected chi connectivity index (χ3v) is 1.91. The molecule has 0 bridgehead atoms. The predicted octanol–water partition coefficient (Wildman–Crippen LogP) is 2.46. The Hall–Kier alpha value is -0.0400. The van der Waals surface area contributed by atoms with Gasteiger partial charge in [0.15, 0.2) is 0 Å². The molecule has 0 spiro atoms. The van der Waals surface area contributed by atoms with E-state index in [2.05, 4.69) is 27.7 Å². The normalized spacial score (nSPS) is 12.7. The topological polar surface area (TPSA) is 9.23 Å². The number of rotatable bonds is 3. The molecule has 0 saturated carbocycles. The highest BCUT2D eigenvalue weighted by molar-refractivity contribution is 4.71. The van der Waals surface area contributed by atoms with Crippen LogP contribution in [0.2, 0.25) is 0 Å². The van der Waals surface area contributed by atoms with Crippen LogP contribution >= 0.6 is 0 Å². The summed E-state index contributed by atoms with van der Waals surface area (Å²) in [7, 11) is 0. The summed E-state index contributed by atoms with van der Waals surface area (Å²) >= 11 is 0. The van der Waals surface area contributed by atoms with E-state index in [-0.39, 0.29) is 5.60 Å². The lowest BCUT2D eigenvalue weighted by Gasteiger charge is -2.28. The van der Waals surface area contributed by atoms with E-state index in [4.69, 9.17) is 4.74 Å². The van der Waals surface area contributed by atoms with E-state index in [0.29, 0.717) is 5.92 Å². The molecule has 0 aromatic carbocycles. The fraction of sp³-hybridized carbons (Fsp3) is 1.00. The molecular formula is C8H18O. The summed E-state index contributed by atoms with van der Waals surface area (Å²) in [5.74, 6) is 0.595. The van der Waals surface area contributed by atoms with E-state index in [1.54, 1.807) is 0 Å². The molecule has 0 saturated heterocycles. The van der Waals surface area contributed by atoms with Gasteiger partial charge in [0.25, 0.3) is 0 Å². The molecule has 0 aromatic rings. The zero-order chi connectivity index (χ0) is 7.49. The maximum Gasteiger partial charge on any atom is 0.0649 e. The van der Waals surface area contributed by atoms with Crippen molar-refractivity contribution in [3.05, 3.63) is 0 Å². The van der Waals surface area contributed by atoms with Gasteiger partial charge in [-0.05, 0) is 26.7 Å². The van der Waals surface area contributed by atoms with Crippen LogP contribution in [0.15, 0.2) is 0 Å². The van der Waals surface area contributed by atoms with Crippen molar-refractivity contribution >= 4 is 0 Å². The van der Waals surface area contributed by atoms with Gasteiger partial charge in [0.05, 0.1) is 5.60 Å². The van der Waals surface area contributed by atoms with Gasteiger partial charge in [-0.1, -0.05) is 13.8 Å². The van der Waals surface area contributed by atoms with Crippen LogP contribution < -0.4 is 0 Å². The van der Waals surface area contributed by atoms with Crippen LogP contribution in [0.4, 0.5) is 0 Å². The third-order valence-electron chi connectivity index (χ3n) is 1.91. The summed E-state index contributed by atoms with van der Waals surface area (Å²) in [6.07, 6.45) is 0. The first-order valence-electron chi connectivity index (χ1n) is 3.64. The Morgan fingerprint density at radius 3 is 1.89 bits per heavy atom. The zero-order valence-corrected chi connectivity index (χ0v) is 7.19. The molecule has 0 rings (SSSR count). The minimum atomic E-state index is 0.0503. The van der Waals surface area contributed by atoms with E-state index >= 15 is 0 Å². The molecule has 0 heterocycles. The Kier molecular flexibility index (Phi) is 3.20. The molecule has 0 amide bonds. The Morgan fingerprint density at radius 1 is 1.33 bits per heavy atom. The fourth-order valence-corrected chi connectivity index (χ4v) is 0.539. The third kappa shape index (κ3) is 2.85. The maximum atomic E-state index is 5.49. The molecule has 56 valence electrons. The highest BCUT2D eigenvalue weighted by Crippen LogP contribution is 2.19. The Labute approximate surface area is 58.4 Å². The summed E-state index contributed by atoms with van der Waals surface area (Å²) in [5, 5.41) is 0. The first kappa shape index (κ1) is 8.96. The Balaban J connectivity index is 3.70. The number of hydrogen-bond acceptors (Lipinski definition) is 1. The molecule has 1 nitrogen and oxygen atoms in total. The van der Waals surface area contributed by atoms with Crippen molar-refractivity contribution in [1.29, 1.82) is 0 Å². The number of hydrogen-bond donors (Lipinski definition) is 0. The van der Waals surface area contributed by atoms with Crippen molar-refractivity contribution in [2.75, 3.05) is 6.61 Å². The smallest absolute Gasteiger partial charge is 0.0649 e. The van der Waals surface area contributed by atoms with E-state index in [9.17, 15) is 0 Å². The Morgan fingerprint density at radius 2 is 1.78 bits per heavy atom.